The van der Waals surface area contributed by atoms with E-state index in [2.05, 4.69) is 36.2 Å². The molecule has 0 bridgehead atoms. The number of rotatable bonds is 5. The lowest BCUT2D eigenvalue weighted by atomic mass is 9.95. The number of aromatic nitrogens is 2. The van der Waals surface area contributed by atoms with E-state index in [1.165, 1.54) is 0 Å². The Morgan fingerprint density at radius 3 is 1.84 bits per heavy atom. The maximum atomic E-state index is 5.32. The van der Waals surface area contributed by atoms with Crippen molar-refractivity contribution in [1.29, 1.82) is 0 Å². The van der Waals surface area contributed by atoms with E-state index in [1.807, 2.05) is 30.5 Å². The third-order valence-electron chi connectivity index (χ3n) is 5.66. The average Bonchev–Trinajstić information content (AvgIpc) is 2.79. The fraction of sp³-hybridized carbons (Fsp3) is 0.333. The second-order valence-electron chi connectivity index (χ2n) is 7.53. The van der Waals surface area contributed by atoms with Crippen LogP contribution in [0.1, 0.15) is 24.6 Å². The van der Waals surface area contributed by atoms with Crippen molar-refractivity contribution in [3.05, 3.63) is 60.6 Å². The number of hydrogen-bond donors (Lipinski definition) is 0. The van der Waals surface area contributed by atoms with Crippen molar-refractivity contribution in [2.45, 2.75) is 18.8 Å². The van der Waals surface area contributed by atoms with Crippen LogP contribution in [0.5, 0.6) is 11.5 Å². The van der Waals surface area contributed by atoms with Gasteiger partial charge >= 0.3 is 0 Å². The summed E-state index contributed by atoms with van der Waals surface area (Å²) in [5, 5.41) is 0. The zero-order valence-electron chi connectivity index (χ0n) is 18.1. The van der Waals surface area contributed by atoms with Gasteiger partial charge in [0, 0.05) is 23.2 Å². The molecule has 1 fully saturated rings. The van der Waals surface area contributed by atoms with Gasteiger partial charge < -0.3 is 14.4 Å². The Bertz CT molecular complexity index is 958. The Balaban J connectivity index is 0.00000171. The predicted octanol–water partition coefficient (Wildman–Crippen LogP) is 5.48. The summed E-state index contributed by atoms with van der Waals surface area (Å²) in [5.74, 6) is 3.03. The standard InChI is InChI=1S/C24H27N3O2.2ClH/c1-27-14-12-19(13-15-27)24-25-16-22(17-4-8-20(28-2)9-5-17)23(26-24)18-6-10-21(29-3)11-7-18;;/h4-11,16,19H,12-15H2,1-3H3;2*1H. The molecule has 31 heavy (non-hydrogen) atoms. The number of piperidine rings is 1. The molecule has 4 rings (SSSR count). The Hall–Kier alpha value is -2.34. The average molecular weight is 462 g/mol. The van der Waals surface area contributed by atoms with Gasteiger partial charge in [-0.3, -0.25) is 0 Å². The van der Waals surface area contributed by atoms with Crippen LogP contribution in [0.4, 0.5) is 0 Å². The SMILES string of the molecule is COc1ccc(-c2cnc(C3CCN(C)CC3)nc2-c2ccc(OC)cc2)cc1.Cl.Cl. The van der Waals surface area contributed by atoms with Crippen molar-refractivity contribution >= 4 is 24.8 Å². The van der Waals surface area contributed by atoms with E-state index in [1.54, 1.807) is 14.2 Å². The van der Waals surface area contributed by atoms with Gasteiger partial charge in [-0.2, -0.15) is 0 Å². The fourth-order valence-corrected chi connectivity index (χ4v) is 3.81. The summed E-state index contributed by atoms with van der Waals surface area (Å²) < 4.78 is 10.6. The maximum absolute atomic E-state index is 5.32. The van der Waals surface area contributed by atoms with Crippen LogP contribution in [0.25, 0.3) is 22.4 Å². The summed E-state index contributed by atoms with van der Waals surface area (Å²) in [4.78, 5) is 12.2. The van der Waals surface area contributed by atoms with Crippen molar-refractivity contribution in [2.75, 3.05) is 34.4 Å². The molecule has 1 aromatic heterocycles. The molecule has 0 unspecified atom stereocenters. The third kappa shape index (κ3) is 5.67. The Kier molecular flexibility index (Phi) is 9.11. The van der Waals surface area contributed by atoms with Crippen LogP contribution in [-0.4, -0.2) is 49.2 Å². The molecule has 1 aliphatic rings. The van der Waals surface area contributed by atoms with Crippen LogP contribution in [-0.2, 0) is 0 Å². The number of benzene rings is 2. The quantitative estimate of drug-likeness (QED) is 0.503. The molecule has 2 aromatic carbocycles. The minimum absolute atomic E-state index is 0. The summed E-state index contributed by atoms with van der Waals surface area (Å²) in [6.07, 6.45) is 4.17. The highest BCUT2D eigenvalue weighted by Gasteiger charge is 2.22. The normalized spacial score (nSPS) is 14.3. The number of likely N-dealkylation sites (tertiary alicyclic amines) is 1. The number of hydrogen-bond acceptors (Lipinski definition) is 5. The van der Waals surface area contributed by atoms with Gasteiger partial charge in [-0.1, -0.05) is 12.1 Å². The highest BCUT2D eigenvalue weighted by atomic mass is 35.5. The second kappa shape index (κ2) is 11.3. The molecule has 0 N–H and O–H groups in total. The summed E-state index contributed by atoms with van der Waals surface area (Å²) in [5.41, 5.74) is 4.12. The van der Waals surface area contributed by atoms with E-state index in [0.29, 0.717) is 5.92 Å². The number of halogens is 2. The van der Waals surface area contributed by atoms with Gasteiger partial charge in [0.25, 0.3) is 0 Å². The molecule has 0 spiro atoms. The van der Waals surface area contributed by atoms with E-state index in [4.69, 9.17) is 19.4 Å². The zero-order chi connectivity index (χ0) is 20.2. The summed E-state index contributed by atoms with van der Waals surface area (Å²) in [6.45, 7) is 2.18. The summed E-state index contributed by atoms with van der Waals surface area (Å²) in [6, 6.07) is 16.1. The van der Waals surface area contributed by atoms with Crippen molar-refractivity contribution < 1.29 is 9.47 Å². The van der Waals surface area contributed by atoms with Crippen molar-refractivity contribution in [3.8, 4) is 33.9 Å². The highest BCUT2D eigenvalue weighted by molar-refractivity contribution is 5.85. The van der Waals surface area contributed by atoms with Crippen LogP contribution >= 0.6 is 24.8 Å². The Morgan fingerprint density at radius 1 is 0.806 bits per heavy atom. The third-order valence-corrected chi connectivity index (χ3v) is 5.66. The molecule has 5 nitrogen and oxygen atoms in total. The topological polar surface area (TPSA) is 47.5 Å². The highest BCUT2D eigenvalue weighted by Crippen LogP contribution is 2.34. The van der Waals surface area contributed by atoms with E-state index < -0.39 is 0 Å². The number of nitrogens with zero attached hydrogens (tertiary/aromatic N) is 3. The van der Waals surface area contributed by atoms with E-state index in [0.717, 1.165) is 65.6 Å². The van der Waals surface area contributed by atoms with Crippen molar-refractivity contribution in [2.24, 2.45) is 0 Å². The van der Waals surface area contributed by atoms with Crippen LogP contribution in [0.2, 0.25) is 0 Å². The van der Waals surface area contributed by atoms with Crippen LogP contribution in [0.3, 0.4) is 0 Å². The molecular formula is C24H29Cl2N3O2. The molecular weight excluding hydrogens is 433 g/mol. The van der Waals surface area contributed by atoms with Gasteiger partial charge in [0.2, 0.25) is 0 Å². The van der Waals surface area contributed by atoms with Gasteiger partial charge in [0.15, 0.2) is 0 Å². The minimum Gasteiger partial charge on any atom is -0.497 e. The molecule has 0 radical (unpaired) electrons. The zero-order valence-corrected chi connectivity index (χ0v) is 19.7. The van der Waals surface area contributed by atoms with Crippen molar-refractivity contribution in [3.63, 3.8) is 0 Å². The molecule has 0 amide bonds. The first-order valence-corrected chi connectivity index (χ1v) is 10.0. The molecule has 7 heteroatoms. The molecule has 3 aromatic rings. The lowest BCUT2D eigenvalue weighted by Crippen LogP contribution is -2.30. The Labute approximate surface area is 196 Å². The van der Waals surface area contributed by atoms with Gasteiger partial charge in [0.1, 0.15) is 17.3 Å². The van der Waals surface area contributed by atoms with Gasteiger partial charge in [-0.05, 0) is 74.9 Å². The first-order chi connectivity index (χ1) is 14.2. The first kappa shape index (κ1) is 24.9. The number of ether oxygens (including phenoxy) is 2. The molecule has 166 valence electrons. The molecule has 1 aliphatic heterocycles. The van der Waals surface area contributed by atoms with Crippen molar-refractivity contribution in [1.82, 2.24) is 14.9 Å². The van der Waals surface area contributed by atoms with Crippen LogP contribution in [0.15, 0.2) is 54.7 Å². The lowest BCUT2D eigenvalue weighted by molar-refractivity contribution is 0.251. The van der Waals surface area contributed by atoms with E-state index in [9.17, 15) is 0 Å². The number of methoxy groups -OCH3 is 2. The molecule has 0 atom stereocenters. The predicted molar refractivity (Wildman–Crippen MR) is 130 cm³/mol. The molecule has 0 aliphatic carbocycles. The second-order valence-corrected chi connectivity index (χ2v) is 7.53. The maximum Gasteiger partial charge on any atom is 0.132 e. The van der Waals surface area contributed by atoms with Gasteiger partial charge in [-0.25, -0.2) is 9.97 Å². The fourth-order valence-electron chi connectivity index (χ4n) is 3.81. The van der Waals surface area contributed by atoms with Gasteiger partial charge in [0.05, 0.1) is 19.9 Å². The molecule has 2 heterocycles. The Morgan fingerprint density at radius 2 is 1.32 bits per heavy atom. The summed E-state index contributed by atoms with van der Waals surface area (Å²) in [7, 11) is 5.53. The van der Waals surface area contributed by atoms with Gasteiger partial charge in [-0.15, -0.1) is 24.8 Å². The lowest BCUT2D eigenvalue weighted by Gasteiger charge is -2.28. The van der Waals surface area contributed by atoms with Crippen LogP contribution < -0.4 is 9.47 Å². The van der Waals surface area contributed by atoms with Crippen LogP contribution in [0, 0.1) is 0 Å². The molecule has 1 saturated heterocycles. The smallest absolute Gasteiger partial charge is 0.132 e. The molecule has 0 saturated carbocycles. The first-order valence-electron chi connectivity index (χ1n) is 10.0. The monoisotopic (exact) mass is 461 g/mol. The van der Waals surface area contributed by atoms with E-state index in [-0.39, 0.29) is 24.8 Å². The minimum atomic E-state index is 0. The summed E-state index contributed by atoms with van der Waals surface area (Å²) >= 11 is 0. The largest absolute Gasteiger partial charge is 0.497 e. The van der Waals surface area contributed by atoms with E-state index >= 15 is 0 Å².